The Morgan fingerprint density at radius 3 is 2.70 bits per heavy atom. The van der Waals surface area contributed by atoms with Crippen LogP contribution in [0.2, 0.25) is 0 Å². The number of ether oxygens (including phenoxy) is 1. The van der Waals surface area contributed by atoms with Crippen LogP contribution in [0.15, 0.2) is 24.3 Å². The van der Waals surface area contributed by atoms with E-state index in [4.69, 9.17) is 4.74 Å². The Morgan fingerprint density at radius 2 is 2.05 bits per heavy atom. The maximum atomic E-state index is 13.1. The molecular formula is C15H18FNO3. The van der Waals surface area contributed by atoms with Crippen molar-refractivity contribution in [3.05, 3.63) is 35.6 Å². The van der Waals surface area contributed by atoms with Gasteiger partial charge in [0.15, 0.2) is 0 Å². The highest BCUT2D eigenvalue weighted by Gasteiger charge is 2.50. The lowest BCUT2D eigenvalue weighted by Crippen LogP contribution is -2.50. The highest BCUT2D eigenvalue weighted by atomic mass is 19.1. The largest absolute Gasteiger partial charge is 0.469 e. The zero-order valence-electron chi connectivity index (χ0n) is 11.3. The zero-order valence-corrected chi connectivity index (χ0v) is 11.3. The first-order valence-corrected chi connectivity index (χ1v) is 6.87. The third-order valence-electron chi connectivity index (χ3n) is 4.50. The van der Waals surface area contributed by atoms with Crippen molar-refractivity contribution in [3.8, 4) is 0 Å². The van der Waals surface area contributed by atoms with Crippen molar-refractivity contribution in [2.75, 3.05) is 7.11 Å². The molecule has 0 saturated carbocycles. The summed E-state index contributed by atoms with van der Waals surface area (Å²) in [4.78, 5) is 12.1. The van der Waals surface area contributed by atoms with E-state index >= 15 is 0 Å². The molecule has 2 heterocycles. The second-order valence-corrected chi connectivity index (χ2v) is 5.64. The Hall–Kier alpha value is -1.46. The van der Waals surface area contributed by atoms with Gasteiger partial charge in [0, 0.05) is 18.0 Å². The smallest absolute Gasteiger partial charge is 0.310 e. The van der Waals surface area contributed by atoms with Crippen molar-refractivity contribution in [2.24, 2.45) is 5.92 Å². The van der Waals surface area contributed by atoms with Crippen LogP contribution in [0, 0.1) is 11.7 Å². The summed E-state index contributed by atoms with van der Waals surface area (Å²) in [7, 11) is 1.36. The monoisotopic (exact) mass is 279 g/mol. The molecule has 0 aromatic heterocycles. The fourth-order valence-electron chi connectivity index (χ4n) is 3.60. The molecular weight excluding hydrogens is 261 g/mol. The molecule has 2 aliphatic heterocycles. The van der Waals surface area contributed by atoms with Crippen molar-refractivity contribution in [3.63, 3.8) is 0 Å². The predicted molar refractivity (Wildman–Crippen MR) is 70.6 cm³/mol. The Bertz CT molecular complexity index is 504. The first kappa shape index (κ1) is 13.5. The molecule has 1 aromatic carbocycles. The molecule has 4 nitrogen and oxygen atoms in total. The van der Waals surface area contributed by atoms with Crippen LogP contribution in [0.4, 0.5) is 4.39 Å². The van der Waals surface area contributed by atoms with E-state index in [2.05, 4.69) is 5.32 Å². The average Bonchev–Trinajstić information content (AvgIpc) is 2.74. The van der Waals surface area contributed by atoms with E-state index in [0.29, 0.717) is 6.42 Å². The van der Waals surface area contributed by atoms with E-state index in [-0.39, 0.29) is 29.8 Å². The van der Waals surface area contributed by atoms with E-state index in [1.54, 1.807) is 12.1 Å². The molecule has 2 bridgehead atoms. The number of hydrogen-bond donors (Lipinski definition) is 2. The minimum absolute atomic E-state index is 0.0450. The molecule has 5 heteroatoms. The third-order valence-corrected chi connectivity index (χ3v) is 4.50. The Kier molecular flexibility index (Phi) is 3.48. The van der Waals surface area contributed by atoms with E-state index in [0.717, 1.165) is 12.0 Å². The number of carbonyl (C=O) groups excluding carboxylic acids is 1. The molecule has 3 rings (SSSR count). The zero-order chi connectivity index (χ0) is 14.3. The van der Waals surface area contributed by atoms with Gasteiger partial charge in [0.1, 0.15) is 5.82 Å². The van der Waals surface area contributed by atoms with Gasteiger partial charge in [-0.05, 0) is 30.5 Å². The topological polar surface area (TPSA) is 58.6 Å². The van der Waals surface area contributed by atoms with Gasteiger partial charge in [0.25, 0.3) is 0 Å². The van der Waals surface area contributed by atoms with Crippen molar-refractivity contribution >= 4 is 5.97 Å². The average molecular weight is 279 g/mol. The highest BCUT2D eigenvalue weighted by molar-refractivity contribution is 5.75. The van der Waals surface area contributed by atoms with Gasteiger partial charge < -0.3 is 15.2 Å². The number of methoxy groups -OCH3 is 1. The molecule has 2 fully saturated rings. The number of esters is 1. The van der Waals surface area contributed by atoms with Gasteiger partial charge in [-0.3, -0.25) is 4.79 Å². The fraction of sp³-hybridized carbons (Fsp3) is 0.533. The quantitative estimate of drug-likeness (QED) is 0.799. The lowest BCUT2D eigenvalue weighted by molar-refractivity contribution is -0.149. The normalized spacial score (nSPS) is 35.9. The van der Waals surface area contributed by atoms with E-state index in [1.165, 1.54) is 19.2 Å². The first-order valence-electron chi connectivity index (χ1n) is 6.87. The van der Waals surface area contributed by atoms with Gasteiger partial charge in [0.2, 0.25) is 0 Å². The second-order valence-electron chi connectivity index (χ2n) is 5.64. The fourth-order valence-corrected chi connectivity index (χ4v) is 3.60. The van der Waals surface area contributed by atoms with Crippen LogP contribution in [0.25, 0.3) is 0 Å². The van der Waals surface area contributed by atoms with Gasteiger partial charge in [-0.1, -0.05) is 12.1 Å². The number of carbonyl (C=O) groups is 1. The summed E-state index contributed by atoms with van der Waals surface area (Å²) in [5, 5.41) is 13.4. The molecule has 2 saturated heterocycles. The second kappa shape index (κ2) is 5.14. The maximum Gasteiger partial charge on any atom is 0.310 e. The molecule has 0 amide bonds. The summed E-state index contributed by atoms with van der Waals surface area (Å²) in [6.45, 7) is 0. The van der Waals surface area contributed by atoms with E-state index in [1.807, 2.05) is 0 Å². The lowest BCUT2D eigenvalue weighted by atomic mass is 9.77. The Labute approximate surface area is 116 Å². The van der Waals surface area contributed by atoms with Gasteiger partial charge in [0.05, 0.1) is 19.1 Å². The standard InChI is InChI=1S/C15H18FNO3/c1-20-15(19)13-11(8-2-4-9(16)5-3-8)6-10-7-12(18)14(13)17-10/h2-5,10-14,17-18H,6-7H2,1H3/t10?,11-,12?,13-,14?/m0/s1. The number of halogens is 1. The highest BCUT2D eigenvalue weighted by Crippen LogP contribution is 2.42. The van der Waals surface area contributed by atoms with Crippen molar-refractivity contribution in [1.82, 2.24) is 5.32 Å². The van der Waals surface area contributed by atoms with Gasteiger partial charge >= 0.3 is 5.97 Å². The molecule has 108 valence electrons. The molecule has 0 spiro atoms. The number of aliphatic hydroxyl groups is 1. The number of hydrogen-bond acceptors (Lipinski definition) is 4. The van der Waals surface area contributed by atoms with Gasteiger partial charge in [-0.15, -0.1) is 0 Å². The molecule has 3 unspecified atom stereocenters. The Morgan fingerprint density at radius 1 is 1.35 bits per heavy atom. The van der Waals surface area contributed by atoms with Crippen molar-refractivity contribution in [2.45, 2.75) is 36.9 Å². The summed E-state index contributed by atoms with van der Waals surface area (Å²) in [6.07, 6.45) is 0.865. The van der Waals surface area contributed by atoms with E-state index in [9.17, 15) is 14.3 Å². The summed E-state index contributed by atoms with van der Waals surface area (Å²) < 4.78 is 18.0. The first-order chi connectivity index (χ1) is 9.60. The number of aliphatic hydroxyl groups excluding tert-OH is 1. The van der Waals surface area contributed by atoms with Crippen molar-refractivity contribution in [1.29, 1.82) is 0 Å². The molecule has 0 radical (unpaired) electrons. The summed E-state index contributed by atoms with van der Waals surface area (Å²) >= 11 is 0. The van der Waals surface area contributed by atoms with Crippen LogP contribution < -0.4 is 5.32 Å². The Balaban J connectivity index is 1.95. The van der Waals surface area contributed by atoms with Crippen LogP contribution in [-0.4, -0.2) is 36.4 Å². The number of benzene rings is 1. The lowest BCUT2D eigenvalue weighted by Gasteiger charge is -2.36. The SMILES string of the molecule is COC(=O)[C@@H]1C2NC(CC2O)C[C@H]1c1ccc(F)cc1. The summed E-state index contributed by atoms with van der Waals surface area (Å²) in [5.74, 6) is -1.09. The van der Waals surface area contributed by atoms with Crippen LogP contribution in [0.3, 0.4) is 0 Å². The number of piperidine rings is 1. The molecule has 0 aliphatic carbocycles. The van der Waals surface area contributed by atoms with Crippen LogP contribution >= 0.6 is 0 Å². The minimum Gasteiger partial charge on any atom is -0.469 e. The molecule has 2 aliphatic rings. The molecule has 20 heavy (non-hydrogen) atoms. The minimum atomic E-state index is -0.533. The maximum absolute atomic E-state index is 13.1. The van der Waals surface area contributed by atoms with Gasteiger partial charge in [-0.2, -0.15) is 0 Å². The molecule has 2 N–H and O–H groups in total. The summed E-state index contributed by atoms with van der Waals surface area (Å²) in [6, 6.07) is 6.16. The van der Waals surface area contributed by atoms with Crippen LogP contribution in [0.5, 0.6) is 0 Å². The third kappa shape index (κ3) is 2.21. The number of fused-ring (bicyclic) bond motifs is 2. The predicted octanol–water partition coefficient (Wildman–Crippen LogP) is 1.19. The summed E-state index contributed by atoms with van der Waals surface area (Å²) in [5.41, 5.74) is 0.924. The van der Waals surface area contributed by atoms with Crippen LogP contribution in [-0.2, 0) is 9.53 Å². The number of rotatable bonds is 2. The molecule has 5 atom stereocenters. The number of nitrogens with one attached hydrogen (secondary N) is 1. The molecule has 1 aromatic rings. The van der Waals surface area contributed by atoms with Crippen molar-refractivity contribution < 1.29 is 19.0 Å². The van der Waals surface area contributed by atoms with E-state index < -0.39 is 12.0 Å². The van der Waals surface area contributed by atoms with Crippen LogP contribution in [0.1, 0.15) is 24.3 Å². The van der Waals surface area contributed by atoms with Gasteiger partial charge in [-0.25, -0.2) is 4.39 Å².